The molecule has 5 aromatic rings. The average molecular weight is 613 g/mol. The quantitative estimate of drug-likeness (QED) is 0.204. The Morgan fingerprint density at radius 3 is 1.84 bits per heavy atom. The number of hydrogen-bond donors (Lipinski definition) is 0. The Morgan fingerprint density at radius 2 is 1.18 bits per heavy atom. The molecule has 2 unspecified atom stereocenters. The van der Waals surface area contributed by atoms with Gasteiger partial charge in [-0.25, -0.2) is 9.98 Å². The maximum atomic E-state index is 5.02. The van der Waals surface area contributed by atoms with E-state index in [1.54, 1.807) is 12.4 Å². The van der Waals surface area contributed by atoms with Crippen molar-refractivity contribution in [2.24, 2.45) is 9.98 Å². The number of aromatic nitrogens is 2. The number of thioether (sulfide) groups is 2. The fourth-order valence-electron chi connectivity index (χ4n) is 6.46. The third kappa shape index (κ3) is 5.48. The molecular weight excluding hydrogens is 581 g/mol. The second kappa shape index (κ2) is 12.1. The van der Waals surface area contributed by atoms with Crippen LogP contribution in [0.4, 0.5) is 11.4 Å². The number of amidine groups is 2. The standard InChI is InChI=1S/C20H17N3S.C16H15N3S/c1-2-5-16-12-23-17(10-14(16)4-1)13-24-20(23)22-19-7-3-6-15-11-21-9-8-18(15)19;1-2-4-13-10-19-15(9-12(13)3-1)11-20-16(19)18-14-5-7-17-8-6-14/h1-9,11,17H,10,12-13H2;1-8,15H,9-11H2. The van der Waals surface area contributed by atoms with Gasteiger partial charge in [0, 0.05) is 72.2 Å². The maximum Gasteiger partial charge on any atom is 0.165 e. The van der Waals surface area contributed by atoms with Crippen molar-refractivity contribution in [3.8, 4) is 0 Å². The summed E-state index contributed by atoms with van der Waals surface area (Å²) in [5.41, 5.74) is 7.90. The Kier molecular flexibility index (Phi) is 7.54. The van der Waals surface area contributed by atoms with Crippen LogP contribution in [0, 0.1) is 0 Å². The van der Waals surface area contributed by atoms with Crippen molar-refractivity contribution < 1.29 is 0 Å². The molecule has 6 nitrogen and oxygen atoms in total. The molecule has 0 amide bonds. The third-order valence-corrected chi connectivity index (χ3v) is 11.0. The molecule has 0 radical (unpaired) electrons. The van der Waals surface area contributed by atoms with Gasteiger partial charge < -0.3 is 9.80 Å². The summed E-state index contributed by atoms with van der Waals surface area (Å²) in [7, 11) is 0. The van der Waals surface area contributed by atoms with Crippen LogP contribution in [-0.2, 0) is 25.9 Å². The molecule has 3 aromatic carbocycles. The molecule has 0 saturated carbocycles. The lowest BCUT2D eigenvalue weighted by atomic mass is 9.95. The van der Waals surface area contributed by atoms with E-state index in [4.69, 9.17) is 9.98 Å². The van der Waals surface area contributed by atoms with Crippen LogP contribution in [-0.4, -0.2) is 53.7 Å². The summed E-state index contributed by atoms with van der Waals surface area (Å²) < 4.78 is 0. The second-order valence-corrected chi connectivity index (χ2v) is 13.5. The molecule has 9 rings (SSSR count). The Labute approximate surface area is 266 Å². The highest BCUT2D eigenvalue weighted by molar-refractivity contribution is 8.14. The van der Waals surface area contributed by atoms with Gasteiger partial charge in [0.2, 0.25) is 0 Å². The smallest absolute Gasteiger partial charge is 0.165 e. The van der Waals surface area contributed by atoms with Gasteiger partial charge in [0.25, 0.3) is 0 Å². The highest BCUT2D eigenvalue weighted by Crippen LogP contribution is 2.37. The van der Waals surface area contributed by atoms with Gasteiger partial charge in [-0.3, -0.25) is 9.97 Å². The van der Waals surface area contributed by atoms with E-state index in [0.29, 0.717) is 12.1 Å². The van der Waals surface area contributed by atoms with E-state index in [9.17, 15) is 0 Å². The fourth-order valence-corrected chi connectivity index (χ4v) is 8.83. The van der Waals surface area contributed by atoms with Crippen LogP contribution in [0.15, 0.2) is 120 Å². The van der Waals surface area contributed by atoms with Gasteiger partial charge in [0.1, 0.15) is 0 Å². The molecule has 8 heteroatoms. The number of pyridine rings is 2. The summed E-state index contributed by atoms with van der Waals surface area (Å²) in [5.74, 6) is 2.26. The van der Waals surface area contributed by atoms with Gasteiger partial charge in [-0.1, -0.05) is 84.2 Å². The molecule has 4 aliphatic rings. The molecule has 0 aliphatic carbocycles. The summed E-state index contributed by atoms with van der Waals surface area (Å²) in [5, 5.41) is 4.61. The molecule has 218 valence electrons. The van der Waals surface area contributed by atoms with Crippen molar-refractivity contribution in [2.45, 2.75) is 38.0 Å². The van der Waals surface area contributed by atoms with Gasteiger partial charge in [-0.2, -0.15) is 0 Å². The lowest BCUT2D eigenvalue weighted by Crippen LogP contribution is -2.38. The largest absolute Gasteiger partial charge is 0.343 e. The van der Waals surface area contributed by atoms with Crippen molar-refractivity contribution >= 4 is 56.0 Å². The van der Waals surface area contributed by atoms with Crippen molar-refractivity contribution in [3.05, 3.63) is 132 Å². The SMILES string of the molecule is c1ccc2c(c1)CC1CSC(=Nc3cccc4cnccc34)N1C2.c1ccc2c(c1)CC1CSC(=Nc3ccncc3)N1C2. The first-order valence-corrected chi connectivity index (χ1v) is 17.1. The summed E-state index contributed by atoms with van der Waals surface area (Å²) in [6.45, 7) is 1.96. The number of hydrogen-bond acceptors (Lipinski definition) is 6. The van der Waals surface area contributed by atoms with E-state index >= 15 is 0 Å². The Hall–Kier alpha value is -4.14. The minimum absolute atomic E-state index is 0.570. The van der Waals surface area contributed by atoms with Crippen LogP contribution in [0.5, 0.6) is 0 Å². The van der Waals surface area contributed by atoms with E-state index in [2.05, 4.69) is 92.6 Å². The maximum absolute atomic E-state index is 5.02. The molecule has 2 aromatic heterocycles. The number of benzene rings is 3. The van der Waals surface area contributed by atoms with Crippen LogP contribution >= 0.6 is 23.5 Å². The topological polar surface area (TPSA) is 57.0 Å². The molecule has 2 fully saturated rings. The zero-order valence-corrected chi connectivity index (χ0v) is 25.9. The number of fused-ring (bicyclic) bond motifs is 5. The van der Waals surface area contributed by atoms with Gasteiger partial charge in [-0.05, 0) is 59.4 Å². The third-order valence-electron chi connectivity index (χ3n) is 8.77. The summed E-state index contributed by atoms with van der Waals surface area (Å²) in [4.78, 5) is 23.0. The lowest BCUT2D eigenvalue weighted by molar-refractivity contribution is 0.320. The monoisotopic (exact) mass is 612 g/mol. The minimum Gasteiger partial charge on any atom is -0.343 e. The molecule has 0 spiro atoms. The van der Waals surface area contributed by atoms with Crippen molar-refractivity contribution in [3.63, 3.8) is 0 Å². The van der Waals surface area contributed by atoms with Crippen LogP contribution in [0.25, 0.3) is 10.8 Å². The molecule has 0 bridgehead atoms. The molecule has 0 N–H and O–H groups in total. The Morgan fingerprint density at radius 1 is 0.591 bits per heavy atom. The Bertz CT molecular complexity index is 1870. The minimum atomic E-state index is 0.570. The summed E-state index contributed by atoms with van der Waals surface area (Å²) in [6.07, 6.45) is 9.60. The van der Waals surface area contributed by atoms with Crippen molar-refractivity contribution in [1.82, 2.24) is 19.8 Å². The Balaban J connectivity index is 0.000000134. The zero-order valence-electron chi connectivity index (χ0n) is 24.3. The van der Waals surface area contributed by atoms with Crippen molar-refractivity contribution in [2.75, 3.05) is 11.5 Å². The highest BCUT2D eigenvalue weighted by Gasteiger charge is 2.35. The van der Waals surface area contributed by atoms with E-state index in [0.717, 1.165) is 64.5 Å². The first-order chi connectivity index (χ1) is 21.8. The molecular formula is C36H32N6S2. The molecule has 44 heavy (non-hydrogen) atoms. The van der Waals surface area contributed by atoms with Gasteiger partial charge >= 0.3 is 0 Å². The molecule has 2 atom stereocenters. The molecule has 2 saturated heterocycles. The molecule has 4 aliphatic heterocycles. The van der Waals surface area contributed by atoms with Crippen LogP contribution < -0.4 is 0 Å². The van der Waals surface area contributed by atoms with E-state index < -0.39 is 0 Å². The fraction of sp³-hybridized carbons (Fsp3) is 0.222. The second-order valence-electron chi connectivity index (χ2n) is 11.5. The van der Waals surface area contributed by atoms with Gasteiger partial charge in [0.15, 0.2) is 10.3 Å². The van der Waals surface area contributed by atoms with Crippen LogP contribution in [0.2, 0.25) is 0 Å². The highest BCUT2D eigenvalue weighted by atomic mass is 32.2. The van der Waals surface area contributed by atoms with Gasteiger partial charge in [-0.15, -0.1) is 0 Å². The van der Waals surface area contributed by atoms with Crippen LogP contribution in [0.3, 0.4) is 0 Å². The molecule has 6 heterocycles. The predicted molar refractivity (Wildman–Crippen MR) is 184 cm³/mol. The van der Waals surface area contributed by atoms with Crippen molar-refractivity contribution in [1.29, 1.82) is 0 Å². The normalized spacial score (nSPS) is 21.8. The zero-order chi connectivity index (χ0) is 29.3. The lowest BCUT2D eigenvalue weighted by Gasteiger charge is -2.32. The average Bonchev–Trinajstić information content (AvgIpc) is 3.66. The van der Waals surface area contributed by atoms with Crippen LogP contribution in [0.1, 0.15) is 22.3 Å². The summed E-state index contributed by atoms with van der Waals surface area (Å²) in [6, 6.07) is 30.9. The first-order valence-electron chi connectivity index (χ1n) is 15.1. The summed E-state index contributed by atoms with van der Waals surface area (Å²) >= 11 is 3.75. The van der Waals surface area contributed by atoms with E-state index in [1.807, 2.05) is 48.1 Å². The number of nitrogens with zero attached hydrogens (tertiary/aromatic N) is 6. The van der Waals surface area contributed by atoms with E-state index in [-0.39, 0.29) is 0 Å². The predicted octanol–water partition coefficient (Wildman–Crippen LogP) is 7.64. The number of aliphatic imine (C=N–C) groups is 2. The van der Waals surface area contributed by atoms with Gasteiger partial charge in [0.05, 0.1) is 11.4 Å². The number of rotatable bonds is 2. The first kappa shape index (κ1) is 27.4. The van der Waals surface area contributed by atoms with E-state index in [1.165, 1.54) is 27.6 Å².